The highest BCUT2D eigenvalue weighted by Crippen LogP contribution is 2.32. The maximum atomic E-state index is 5.44. The van der Waals surface area contributed by atoms with E-state index in [4.69, 9.17) is 4.74 Å². The summed E-state index contributed by atoms with van der Waals surface area (Å²) in [6.45, 7) is 9.35. The number of aryl methyl sites for hydroxylation is 2. The molecule has 23 heavy (non-hydrogen) atoms. The van der Waals surface area contributed by atoms with Gasteiger partial charge in [-0.3, -0.25) is 0 Å². The van der Waals surface area contributed by atoms with E-state index < -0.39 is 0 Å². The quantitative estimate of drug-likeness (QED) is 0.839. The van der Waals surface area contributed by atoms with Crippen molar-refractivity contribution >= 4 is 17.2 Å². The highest BCUT2D eigenvalue weighted by atomic mass is 32.1. The highest BCUT2D eigenvalue weighted by molar-refractivity contribution is 7.11. The zero-order chi connectivity index (χ0) is 16.2. The summed E-state index contributed by atoms with van der Waals surface area (Å²) in [5, 5.41) is 1.29. The molecule has 0 saturated carbocycles. The van der Waals surface area contributed by atoms with Crippen LogP contribution in [0.5, 0.6) is 0 Å². The molecule has 0 bridgehead atoms. The number of ether oxygens (including phenoxy) is 1. The van der Waals surface area contributed by atoms with Crippen LogP contribution in [0.4, 0.5) is 5.82 Å². The molecule has 3 heterocycles. The van der Waals surface area contributed by atoms with Crippen LogP contribution >= 0.6 is 11.3 Å². The van der Waals surface area contributed by atoms with Gasteiger partial charge in [-0.1, -0.05) is 0 Å². The van der Waals surface area contributed by atoms with Crippen molar-refractivity contribution in [3.63, 3.8) is 0 Å². The molecule has 1 aliphatic heterocycles. The Bertz CT molecular complexity index is 650. The maximum absolute atomic E-state index is 5.44. The first kappa shape index (κ1) is 16.3. The van der Waals surface area contributed by atoms with Gasteiger partial charge in [-0.05, 0) is 33.6 Å². The van der Waals surface area contributed by atoms with Gasteiger partial charge >= 0.3 is 0 Å². The molecule has 2 aromatic rings. The van der Waals surface area contributed by atoms with Gasteiger partial charge in [-0.25, -0.2) is 15.0 Å². The molecule has 5 nitrogen and oxygen atoms in total. The van der Waals surface area contributed by atoms with Crippen LogP contribution in [0.25, 0.3) is 0 Å². The first-order valence-electron chi connectivity index (χ1n) is 8.25. The number of hydrogen-bond donors (Lipinski definition) is 0. The molecule has 0 aliphatic carbocycles. The Kier molecular flexibility index (Phi) is 5.23. The van der Waals surface area contributed by atoms with E-state index in [9.17, 15) is 0 Å². The van der Waals surface area contributed by atoms with Gasteiger partial charge in [-0.15, -0.1) is 11.3 Å². The zero-order valence-electron chi connectivity index (χ0n) is 14.1. The lowest BCUT2D eigenvalue weighted by Crippen LogP contribution is -2.33. The van der Waals surface area contributed by atoms with Crippen LogP contribution in [0.3, 0.4) is 0 Å². The average Bonchev–Trinajstić information content (AvgIpc) is 2.99. The predicted octanol–water partition coefficient (Wildman–Crippen LogP) is 3.47. The van der Waals surface area contributed by atoms with E-state index in [2.05, 4.69) is 32.8 Å². The summed E-state index contributed by atoms with van der Waals surface area (Å²) < 4.78 is 5.44. The van der Waals surface area contributed by atoms with Gasteiger partial charge in [-0.2, -0.15) is 0 Å². The summed E-state index contributed by atoms with van der Waals surface area (Å²) in [7, 11) is 0. The molecule has 0 amide bonds. The molecule has 1 fully saturated rings. The summed E-state index contributed by atoms with van der Waals surface area (Å²) in [6.07, 6.45) is 4.26. The number of anilines is 1. The fraction of sp³-hybridized carbons (Fsp3) is 0.588. The van der Waals surface area contributed by atoms with Crippen molar-refractivity contribution in [2.75, 3.05) is 24.6 Å². The van der Waals surface area contributed by atoms with Gasteiger partial charge in [0.2, 0.25) is 0 Å². The predicted molar refractivity (Wildman–Crippen MR) is 93.1 cm³/mol. The number of thiazole rings is 1. The minimum atomic E-state index is 0.486. The van der Waals surface area contributed by atoms with Crippen molar-refractivity contribution in [2.45, 2.75) is 46.1 Å². The summed E-state index contributed by atoms with van der Waals surface area (Å²) in [6, 6.07) is 2.07. The number of rotatable bonds is 5. The lowest BCUT2D eigenvalue weighted by molar-refractivity contribution is 0.128. The SMILES string of the molecule is CCOCc1nc(C)cc(N2CCC(c3ncc(C)s3)CC2)n1. The highest BCUT2D eigenvalue weighted by Gasteiger charge is 2.24. The second-order valence-electron chi connectivity index (χ2n) is 5.99. The Morgan fingerprint density at radius 1 is 1.26 bits per heavy atom. The van der Waals surface area contributed by atoms with Crippen molar-refractivity contribution in [3.8, 4) is 0 Å². The first-order valence-corrected chi connectivity index (χ1v) is 9.07. The van der Waals surface area contributed by atoms with E-state index in [-0.39, 0.29) is 0 Å². The van der Waals surface area contributed by atoms with Crippen molar-refractivity contribution in [2.24, 2.45) is 0 Å². The van der Waals surface area contributed by atoms with Gasteiger partial charge in [0, 0.05) is 48.4 Å². The third-order valence-electron chi connectivity index (χ3n) is 4.13. The molecule has 0 atom stereocenters. The smallest absolute Gasteiger partial charge is 0.156 e. The minimum Gasteiger partial charge on any atom is -0.374 e. The second-order valence-corrected chi connectivity index (χ2v) is 7.26. The molecule has 1 saturated heterocycles. The van der Waals surface area contributed by atoms with Crippen LogP contribution in [0.1, 0.15) is 47.1 Å². The van der Waals surface area contributed by atoms with Crippen LogP contribution in [0.15, 0.2) is 12.3 Å². The maximum Gasteiger partial charge on any atom is 0.156 e. The number of aromatic nitrogens is 3. The summed E-state index contributed by atoms with van der Waals surface area (Å²) in [5.74, 6) is 2.40. The molecule has 0 aromatic carbocycles. The Morgan fingerprint density at radius 3 is 2.70 bits per heavy atom. The number of piperidine rings is 1. The Labute approximate surface area is 141 Å². The Morgan fingerprint density at radius 2 is 2.04 bits per heavy atom. The molecular formula is C17H24N4OS. The zero-order valence-corrected chi connectivity index (χ0v) is 14.9. The van der Waals surface area contributed by atoms with Crippen molar-refractivity contribution in [3.05, 3.63) is 33.7 Å². The fourth-order valence-electron chi connectivity index (χ4n) is 2.95. The molecule has 0 N–H and O–H groups in total. The van der Waals surface area contributed by atoms with Gasteiger partial charge < -0.3 is 9.64 Å². The molecule has 6 heteroatoms. The third-order valence-corrected chi connectivity index (χ3v) is 5.20. The third kappa shape index (κ3) is 4.06. The summed E-state index contributed by atoms with van der Waals surface area (Å²) in [5.41, 5.74) is 1.00. The van der Waals surface area contributed by atoms with Crippen LogP contribution in [-0.4, -0.2) is 34.6 Å². The molecule has 0 radical (unpaired) electrons. The topological polar surface area (TPSA) is 51.1 Å². The van der Waals surface area contributed by atoms with E-state index in [1.54, 1.807) is 0 Å². The number of hydrogen-bond acceptors (Lipinski definition) is 6. The molecular weight excluding hydrogens is 308 g/mol. The molecule has 3 rings (SSSR count). The van der Waals surface area contributed by atoms with Crippen molar-refractivity contribution in [1.82, 2.24) is 15.0 Å². The van der Waals surface area contributed by atoms with Crippen LogP contribution in [0, 0.1) is 13.8 Å². The standard InChI is InChI=1S/C17H24N4OS/c1-4-22-11-15-19-12(2)9-16(20-15)21-7-5-14(6-8-21)17-18-10-13(3)23-17/h9-10,14H,4-8,11H2,1-3H3. The van der Waals surface area contributed by atoms with Gasteiger partial charge in [0.05, 0.1) is 5.01 Å². The average molecular weight is 332 g/mol. The van der Waals surface area contributed by atoms with Gasteiger partial charge in [0.25, 0.3) is 0 Å². The molecule has 0 unspecified atom stereocenters. The van der Waals surface area contributed by atoms with Crippen molar-refractivity contribution < 1.29 is 4.74 Å². The molecule has 124 valence electrons. The lowest BCUT2D eigenvalue weighted by atomic mass is 9.97. The van der Waals surface area contributed by atoms with Gasteiger partial charge in [0.1, 0.15) is 12.4 Å². The van der Waals surface area contributed by atoms with E-state index >= 15 is 0 Å². The molecule has 0 spiro atoms. The lowest BCUT2D eigenvalue weighted by Gasteiger charge is -2.32. The van der Waals surface area contributed by atoms with Gasteiger partial charge in [0.15, 0.2) is 5.82 Å². The number of nitrogens with zero attached hydrogens (tertiary/aromatic N) is 4. The molecule has 2 aromatic heterocycles. The van der Waals surface area contributed by atoms with E-state index in [0.717, 1.165) is 43.3 Å². The van der Waals surface area contributed by atoms with E-state index in [1.807, 2.05) is 31.4 Å². The van der Waals surface area contributed by atoms with E-state index in [1.165, 1.54) is 9.88 Å². The normalized spacial score (nSPS) is 16.0. The largest absolute Gasteiger partial charge is 0.374 e. The molecule has 1 aliphatic rings. The van der Waals surface area contributed by atoms with Crippen LogP contribution in [0.2, 0.25) is 0 Å². The fourth-order valence-corrected chi connectivity index (χ4v) is 3.89. The monoisotopic (exact) mass is 332 g/mol. The first-order chi connectivity index (χ1) is 11.2. The Hall–Kier alpha value is -1.53. The Balaban J connectivity index is 1.66. The van der Waals surface area contributed by atoms with Crippen LogP contribution in [-0.2, 0) is 11.3 Å². The van der Waals surface area contributed by atoms with Crippen LogP contribution < -0.4 is 4.90 Å². The summed E-state index contributed by atoms with van der Waals surface area (Å²) in [4.78, 5) is 17.4. The second kappa shape index (κ2) is 7.36. The summed E-state index contributed by atoms with van der Waals surface area (Å²) >= 11 is 1.83. The van der Waals surface area contributed by atoms with E-state index in [0.29, 0.717) is 19.1 Å². The van der Waals surface area contributed by atoms with Crippen molar-refractivity contribution in [1.29, 1.82) is 0 Å². The minimum absolute atomic E-state index is 0.486.